The first-order valence-electron chi connectivity index (χ1n) is 28.1. The number of ether oxygens (including phenoxy) is 3. The second-order valence-corrected chi connectivity index (χ2v) is 24.0. The Bertz CT molecular complexity index is 2640. The third-order valence-corrected chi connectivity index (χ3v) is 16.4. The molecular weight excluding hydrogens is 1120 g/mol. The molecule has 0 aliphatic carbocycles. The number of benzene rings is 1. The first kappa shape index (κ1) is 69.1. The van der Waals surface area contributed by atoms with E-state index in [1.165, 1.54) is 41.8 Å². The predicted molar refractivity (Wildman–Crippen MR) is 308 cm³/mol. The molecule has 0 unspecified atom stereocenters. The number of nitrogens with one attached hydrogen (secondary N) is 6. The van der Waals surface area contributed by atoms with E-state index in [0.29, 0.717) is 12.8 Å². The topological polar surface area (TPSA) is 356 Å². The third kappa shape index (κ3) is 22.9. The van der Waals surface area contributed by atoms with Gasteiger partial charge in [-0.3, -0.25) is 48.2 Å². The van der Waals surface area contributed by atoms with E-state index in [0.717, 1.165) is 35.6 Å². The summed E-state index contributed by atoms with van der Waals surface area (Å²) in [7, 11) is -0.765. The number of nitrogens with two attached hydrogens (primary N) is 1. The lowest BCUT2D eigenvalue weighted by Crippen LogP contribution is -2.58. The van der Waals surface area contributed by atoms with Crippen molar-refractivity contribution in [1.29, 1.82) is 0 Å². The van der Waals surface area contributed by atoms with Gasteiger partial charge in [0.15, 0.2) is 0 Å². The number of imide groups is 1. The van der Waals surface area contributed by atoms with Crippen molar-refractivity contribution in [3.8, 4) is 0 Å². The van der Waals surface area contributed by atoms with Crippen LogP contribution in [0, 0.1) is 17.8 Å². The Hall–Kier alpha value is -6.43. The smallest absolute Gasteiger partial charge is 0.312 e. The van der Waals surface area contributed by atoms with E-state index in [2.05, 4.69) is 31.6 Å². The fourth-order valence-electron chi connectivity index (χ4n) is 9.18. The highest BCUT2D eigenvalue weighted by molar-refractivity contribution is 7.89. The number of carbonyl (C=O) groups is 9. The maximum Gasteiger partial charge on any atom is 0.312 e. The van der Waals surface area contributed by atoms with Gasteiger partial charge in [-0.1, -0.05) is 66.5 Å². The normalized spacial score (nSPS) is 16.9. The molecule has 1 aromatic carbocycles. The van der Waals surface area contributed by atoms with E-state index in [9.17, 15) is 56.7 Å². The highest BCUT2D eigenvalue weighted by atomic mass is 32.2. The molecule has 4 rings (SSSR count). The van der Waals surface area contributed by atoms with Gasteiger partial charge in [0.2, 0.25) is 39.6 Å². The van der Waals surface area contributed by atoms with Gasteiger partial charge in [0.1, 0.15) is 34.9 Å². The Morgan fingerprint density at radius 2 is 1.49 bits per heavy atom. The fourth-order valence-corrected chi connectivity index (χ4v) is 11.1. The number of piperidine rings is 1. The van der Waals surface area contributed by atoms with Crippen LogP contribution in [0.2, 0.25) is 0 Å². The van der Waals surface area contributed by atoms with Crippen LogP contribution >= 0.6 is 11.3 Å². The zero-order chi connectivity index (χ0) is 61.4. The Morgan fingerprint density at radius 1 is 0.855 bits per heavy atom. The standard InChI is InChI=1S/C55H85N11O15S2/c1-9-36(6)48(62-51(73)41-14-10-11-23-64(41)7)54(75)65(8)42(34(2)3)31-43(67)53-60-40(32-82-53)50(72)63-83(77,78)33-37-15-17-38(18-16-37)58-49(71)39(13-12-22-57-55(56)76)59-52(74)47(35(4)5)61-44(68)21-25-79-27-29-81-30-28-80-26-24-66-45(69)19-20-46(66)70/h15-20,32,34-36,39,41-43,47-48,67H,9-14,21-31,33H2,1-8H3,(H,58,71)(H,59,74)(H,61,68)(H,62,73)(H,63,72)(H3,56,57,76)/t36-,39-,41-,42-,43-,47-,48+/m1/s1. The quantitative estimate of drug-likeness (QED) is 0.0356. The van der Waals surface area contributed by atoms with Crippen molar-refractivity contribution in [3.05, 3.63) is 58.1 Å². The molecule has 1 saturated heterocycles. The number of hydrogen-bond donors (Lipinski definition) is 8. The number of thiazole rings is 1. The van der Waals surface area contributed by atoms with Crippen LogP contribution in [0.15, 0.2) is 41.8 Å². The summed E-state index contributed by atoms with van der Waals surface area (Å²) in [5, 5.41) is 26.4. The van der Waals surface area contributed by atoms with Crippen LogP contribution in [-0.2, 0) is 63.5 Å². The molecule has 0 spiro atoms. The second-order valence-electron chi connectivity index (χ2n) is 21.4. The third-order valence-electron chi connectivity index (χ3n) is 14.2. The van der Waals surface area contributed by atoms with Crippen LogP contribution in [0.5, 0.6) is 0 Å². The minimum absolute atomic E-state index is 0.0227. The first-order valence-corrected chi connectivity index (χ1v) is 30.6. The number of urea groups is 1. The zero-order valence-electron chi connectivity index (χ0n) is 48.8. The molecule has 0 saturated carbocycles. The molecule has 26 nitrogen and oxygen atoms in total. The molecule has 9 N–H and O–H groups in total. The number of hydrogen-bond acceptors (Lipinski definition) is 18. The van der Waals surface area contributed by atoms with E-state index in [1.54, 1.807) is 25.8 Å². The van der Waals surface area contributed by atoms with Crippen molar-refractivity contribution >= 4 is 80.3 Å². The monoisotopic (exact) mass is 1200 g/mol. The summed E-state index contributed by atoms with van der Waals surface area (Å²) < 4.78 is 44.9. The number of aromatic nitrogens is 1. The maximum atomic E-state index is 14.1. The van der Waals surface area contributed by atoms with E-state index >= 15 is 0 Å². The predicted octanol–water partition coefficient (Wildman–Crippen LogP) is 1.70. The summed E-state index contributed by atoms with van der Waals surface area (Å²) in [5.74, 6) is -5.41. The first-order chi connectivity index (χ1) is 39.3. The number of sulfonamides is 1. The molecular formula is C55H85N11O15S2. The lowest BCUT2D eigenvalue weighted by molar-refractivity contribution is -0.141. The van der Waals surface area contributed by atoms with Gasteiger partial charge >= 0.3 is 6.03 Å². The van der Waals surface area contributed by atoms with E-state index in [-0.39, 0.29) is 142 Å². The van der Waals surface area contributed by atoms with E-state index in [1.807, 2.05) is 44.4 Å². The van der Waals surface area contributed by atoms with Gasteiger partial charge in [0.05, 0.1) is 58.0 Å². The van der Waals surface area contributed by atoms with E-state index in [4.69, 9.17) is 19.9 Å². The number of primary amides is 1. The molecule has 2 aromatic rings. The number of anilines is 1. The summed E-state index contributed by atoms with van der Waals surface area (Å²) >= 11 is 0.961. The fraction of sp³-hybridized carbons (Fsp3) is 0.636. The summed E-state index contributed by atoms with van der Waals surface area (Å²) in [4.78, 5) is 124. The molecule has 0 bridgehead atoms. The minimum Gasteiger partial charge on any atom is -0.386 e. The van der Waals surface area contributed by atoms with Crippen molar-refractivity contribution in [2.24, 2.45) is 23.5 Å². The molecule has 1 aromatic heterocycles. The number of amides is 10. The highest BCUT2D eigenvalue weighted by Gasteiger charge is 2.37. The van der Waals surface area contributed by atoms with Crippen LogP contribution < -0.4 is 37.0 Å². The summed E-state index contributed by atoms with van der Waals surface area (Å²) in [6.07, 6.45) is 4.69. The number of likely N-dealkylation sites (tertiary alicyclic amines) is 1. The molecule has 7 atom stereocenters. The van der Waals surface area contributed by atoms with Gasteiger partial charge in [0, 0.05) is 55.7 Å². The number of aliphatic hydroxyl groups excluding tert-OH is 1. The average molecular weight is 1200 g/mol. The van der Waals surface area contributed by atoms with Gasteiger partial charge < -0.3 is 56.5 Å². The molecule has 28 heteroatoms. The number of nitrogens with zero attached hydrogens (tertiary/aromatic N) is 4. The van der Waals surface area contributed by atoms with Gasteiger partial charge in [-0.15, -0.1) is 11.3 Å². The van der Waals surface area contributed by atoms with Crippen LogP contribution in [-0.4, -0.2) is 190 Å². The molecule has 462 valence electrons. The maximum absolute atomic E-state index is 14.1. The van der Waals surface area contributed by atoms with Gasteiger partial charge in [-0.05, 0) is 74.7 Å². The average Bonchev–Trinajstić information content (AvgIpc) is 4.16. The number of rotatable bonds is 36. The van der Waals surface area contributed by atoms with Crippen LogP contribution in [0.4, 0.5) is 10.5 Å². The molecule has 3 heterocycles. The Balaban J connectivity index is 1.27. The molecule has 2 aliphatic heterocycles. The molecule has 0 radical (unpaired) electrons. The van der Waals surface area contributed by atoms with E-state index < -0.39 is 81.6 Å². The van der Waals surface area contributed by atoms with Crippen molar-refractivity contribution < 1.29 is 70.9 Å². The molecule has 10 amide bonds. The SMILES string of the molecule is CC[C@@H](C)[C@H](NC(=O)[C@H]1CCCCN1C)C(=O)N(C)[C@H](C[C@@H](O)c1nc(C(=O)NS(=O)(=O)Cc2ccc(NC(=O)[C@@H](CCCNC(N)=O)NC(=O)[C@H](NC(=O)CCOCCOCCOCCN3C(=O)C=CC3=O)C(C)C)cc2)cs1)C(C)C. The number of aliphatic hydroxyl groups is 1. The molecule has 83 heavy (non-hydrogen) atoms. The van der Waals surface area contributed by atoms with Crippen LogP contribution in [0.3, 0.4) is 0 Å². The van der Waals surface area contributed by atoms with Crippen molar-refractivity contribution in [2.45, 2.75) is 135 Å². The van der Waals surface area contributed by atoms with Crippen molar-refractivity contribution in [1.82, 2.24) is 45.7 Å². The Labute approximate surface area is 490 Å². The lowest BCUT2D eigenvalue weighted by atomic mass is 9.92. The largest absolute Gasteiger partial charge is 0.386 e. The van der Waals surface area contributed by atoms with Gasteiger partial charge in [0.25, 0.3) is 17.7 Å². The second kappa shape index (κ2) is 34.4. The van der Waals surface area contributed by atoms with Gasteiger partial charge in [-0.2, -0.15) is 0 Å². The van der Waals surface area contributed by atoms with Crippen molar-refractivity contribution in [2.75, 3.05) is 78.7 Å². The van der Waals surface area contributed by atoms with Crippen molar-refractivity contribution in [3.63, 3.8) is 0 Å². The Morgan fingerprint density at radius 3 is 2.10 bits per heavy atom. The van der Waals surface area contributed by atoms with Crippen LogP contribution in [0.1, 0.15) is 120 Å². The summed E-state index contributed by atoms with van der Waals surface area (Å²) in [6, 6.07) is 1.11. The number of likely N-dealkylation sites (N-methyl/N-ethyl adjacent to an activating group) is 2. The highest BCUT2D eigenvalue weighted by Crippen LogP contribution is 2.28. The summed E-state index contributed by atoms with van der Waals surface area (Å²) in [5.41, 5.74) is 5.44. The van der Waals surface area contributed by atoms with Crippen LogP contribution in [0.25, 0.3) is 0 Å². The van der Waals surface area contributed by atoms with Gasteiger partial charge in [-0.25, -0.2) is 22.9 Å². The molecule has 1 fully saturated rings. The number of carbonyl (C=O) groups excluding carboxylic acids is 9. The molecule has 2 aliphatic rings. The Kier molecular flexibility index (Phi) is 28.6. The minimum atomic E-state index is -4.31. The zero-order valence-corrected chi connectivity index (χ0v) is 50.4. The summed E-state index contributed by atoms with van der Waals surface area (Å²) in [6.45, 7) is 13.2. The lowest BCUT2D eigenvalue weighted by Gasteiger charge is -2.38.